The van der Waals surface area contributed by atoms with Crippen molar-refractivity contribution in [2.24, 2.45) is 0 Å². The first-order valence-electron chi connectivity index (χ1n) is 4.07. The molecule has 1 unspecified atom stereocenters. The Hall–Kier alpha value is -1.23. The van der Waals surface area contributed by atoms with E-state index in [-0.39, 0.29) is 30.6 Å². The molecule has 72 valence electrons. The Morgan fingerprint density at radius 2 is 2.23 bits per heavy atom. The van der Waals surface area contributed by atoms with E-state index >= 15 is 0 Å². The van der Waals surface area contributed by atoms with Gasteiger partial charge in [-0.1, -0.05) is 0 Å². The molecule has 0 aromatic rings. The van der Waals surface area contributed by atoms with Crippen LogP contribution in [-0.4, -0.2) is 42.1 Å². The molecule has 0 radical (unpaired) electrons. The standard InChI is InChI=1S/C8H12N2O3/c1-5(11)4-10-7(12)3-6(9-2)8(10)13/h6,9H,3-4H2,1-2H3. The number of amides is 2. The molecular formula is C8H12N2O3. The Morgan fingerprint density at radius 3 is 2.62 bits per heavy atom. The van der Waals surface area contributed by atoms with Crippen LogP contribution in [0.25, 0.3) is 0 Å². The lowest BCUT2D eigenvalue weighted by molar-refractivity contribution is -0.141. The van der Waals surface area contributed by atoms with E-state index in [1.54, 1.807) is 7.05 Å². The topological polar surface area (TPSA) is 66.5 Å². The molecule has 1 aliphatic rings. The molecule has 5 nitrogen and oxygen atoms in total. The van der Waals surface area contributed by atoms with Gasteiger partial charge in [-0.15, -0.1) is 0 Å². The number of likely N-dealkylation sites (tertiary alicyclic amines) is 1. The average molecular weight is 184 g/mol. The first-order chi connectivity index (χ1) is 6.06. The van der Waals surface area contributed by atoms with Gasteiger partial charge in [0.05, 0.1) is 19.0 Å². The highest BCUT2D eigenvalue weighted by Crippen LogP contribution is 2.11. The summed E-state index contributed by atoms with van der Waals surface area (Å²) in [5.41, 5.74) is 0. The number of carbonyl (C=O) groups is 3. The third-order valence-electron chi connectivity index (χ3n) is 1.97. The molecule has 0 saturated carbocycles. The van der Waals surface area contributed by atoms with Gasteiger partial charge in [0.15, 0.2) is 0 Å². The lowest BCUT2D eigenvalue weighted by atomic mass is 10.2. The second kappa shape index (κ2) is 3.66. The van der Waals surface area contributed by atoms with Crippen LogP contribution in [0.15, 0.2) is 0 Å². The monoisotopic (exact) mass is 184 g/mol. The molecule has 0 aromatic heterocycles. The Bertz CT molecular complexity index is 262. The molecule has 2 amide bonds. The summed E-state index contributed by atoms with van der Waals surface area (Å²) in [6.07, 6.45) is 0.155. The van der Waals surface area contributed by atoms with Crippen molar-refractivity contribution >= 4 is 17.6 Å². The molecule has 1 saturated heterocycles. The van der Waals surface area contributed by atoms with Crippen LogP contribution in [0.3, 0.4) is 0 Å². The zero-order valence-corrected chi connectivity index (χ0v) is 7.66. The third-order valence-corrected chi connectivity index (χ3v) is 1.97. The molecule has 1 aliphatic heterocycles. The van der Waals surface area contributed by atoms with Crippen LogP contribution >= 0.6 is 0 Å². The zero-order valence-electron chi connectivity index (χ0n) is 7.66. The minimum atomic E-state index is -0.452. The number of hydrogen-bond donors (Lipinski definition) is 1. The van der Waals surface area contributed by atoms with Crippen molar-refractivity contribution in [1.82, 2.24) is 10.2 Å². The second-order valence-electron chi connectivity index (χ2n) is 3.07. The number of hydrogen-bond acceptors (Lipinski definition) is 4. The predicted octanol–water partition coefficient (Wildman–Crippen LogP) is -1.08. The van der Waals surface area contributed by atoms with E-state index in [1.165, 1.54) is 6.92 Å². The van der Waals surface area contributed by atoms with Crippen LogP contribution in [-0.2, 0) is 14.4 Å². The van der Waals surface area contributed by atoms with Gasteiger partial charge in [0.2, 0.25) is 11.8 Å². The van der Waals surface area contributed by atoms with Crippen LogP contribution in [0.4, 0.5) is 0 Å². The van der Waals surface area contributed by atoms with Crippen LogP contribution in [0.2, 0.25) is 0 Å². The maximum absolute atomic E-state index is 11.4. The van der Waals surface area contributed by atoms with Crippen LogP contribution in [0.1, 0.15) is 13.3 Å². The van der Waals surface area contributed by atoms with Crippen molar-refractivity contribution in [3.05, 3.63) is 0 Å². The van der Waals surface area contributed by atoms with Crippen molar-refractivity contribution in [3.63, 3.8) is 0 Å². The van der Waals surface area contributed by atoms with Crippen molar-refractivity contribution < 1.29 is 14.4 Å². The Labute approximate surface area is 76.1 Å². The zero-order chi connectivity index (χ0) is 10.0. The average Bonchev–Trinajstić information content (AvgIpc) is 2.31. The molecule has 0 spiro atoms. The molecule has 5 heteroatoms. The third kappa shape index (κ3) is 1.92. The molecule has 1 rings (SSSR count). The van der Waals surface area contributed by atoms with Crippen LogP contribution in [0, 0.1) is 0 Å². The molecule has 0 bridgehead atoms. The van der Waals surface area contributed by atoms with E-state index in [0.717, 1.165) is 4.90 Å². The predicted molar refractivity (Wildman–Crippen MR) is 44.9 cm³/mol. The normalized spacial score (nSPS) is 22.6. The van der Waals surface area contributed by atoms with Crippen LogP contribution < -0.4 is 5.32 Å². The summed E-state index contributed by atoms with van der Waals surface area (Å²) in [6.45, 7) is 1.25. The fourth-order valence-electron chi connectivity index (χ4n) is 1.30. The van der Waals surface area contributed by atoms with Gasteiger partial charge in [-0.25, -0.2) is 0 Å². The van der Waals surface area contributed by atoms with Crippen molar-refractivity contribution in [2.75, 3.05) is 13.6 Å². The van der Waals surface area contributed by atoms with Gasteiger partial charge in [0.25, 0.3) is 0 Å². The highest BCUT2D eigenvalue weighted by molar-refractivity contribution is 6.07. The van der Waals surface area contributed by atoms with E-state index in [9.17, 15) is 14.4 Å². The number of ketones is 1. The highest BCUT2D eigenvalue weighted by Gasteiger charge is 2.37. The molecule has 1 atom stereocenters. The first kappa shape index (κ1) is 9.85. The summed E-state index contributed by atoms with van der Waals surface area (Å²) >= 11 is 0. The van der Waals surface area contributed by atoms with Crippen molar-refractivity contribution in [3.8, 4) is 0 Å². The lowest BCUT2D eigenvalue weighted by Gasteiger charge is -2.11. The van der Waals surface area contributed by atoms with Crippen LogP contribution in [0.5, 0.6) is 0 Å². The van der Waals surface area contributed by atoms with Crippen molar-refractivity contribution in [1.29, 1.82) is 0 Å². The second-order valence-corrected chi connectivity index (χ2v) is 3.07. The van der Waals surface area contributed by atoms with E-state index < -0.39 is 6.04 Å². The minimum absolute atomic E-state index is 0.101. The fraction of sp³-hybridized carbons (Fsp3) is 0.625. The van der Waals surface area contributed by atoms with Gasteiger partial charge >= 0.3 is 0 Å². The molecule has 0 aromatic carbocycles. The van der Waals surface area contributed by atoms with E-state index in [0.29, 0.717) is 0 Å². The Morgan fingerprint density at radius 1 is 1.62 bits per heavy atom. The van der Waals surface area contributed by atoms with Gasteiger partial charge in [-0.3, -0.25) is 19.3 Å². The van der Waals surface area contributed by atoms with E-state index in [4.69, 9.17) is 0 Å². The molecule has 1 N–H and O–H groups in total. The van der Waals surface area contributed by atoms with Gasteiger partial charge in [0.1, 0.15) is 5.78 Å². The summed E-state index contributed by atoms with van der Waals surface area (Å²) in [5, 5.41) is 2.72. The molecule has 1 fully saturated rings. The summed E-state index contributed by atoms with van der Waals surface area (Å²) in [6, 6.07) is -0.452. The lowest BCUT2D eigenvalue weighted by Crippen LogP contribution is -2.39. The van der Waals surface area contributed by atoms with Gasteiger partial charge in [-0.05, 0) is 14.0 Å². The fourth-order valence-corrected chi connectivity index (χ4v) is 1.30. The first-order valence-corrected chi connectivity index (χ1v) is 4.07. The Kier molecular flexibility index (Phi) is 2.77. The summed E-state index contributed by atoms with van der Waals surface area (Å²) in [4.78, 5) is 34.3. The number of likely N-dealkylation sites (N-methyl/N-ethyl adjacent to an activating group) is 1. The summed E-state index contributed by atoms with van der Waals surface area (Å²) in [5.74, 6) is -0.763. The van der Waals surface area contributed by atoms with E-state index in [2.05, 4.69) is 5.32 Å². The number of imide groups is 1. The summed E-state index contributed by atoms with van der Waals surface area (Å²) < 4.78 is 0. The van der Waals surface area contributed by atoms with E-state index in [1.807, 2.05) is 0 Å². The number of rotatable bonds is 3. The minimum Gasteiger partial charge on any atom is -0.308 e. The smallest absolute Gasteiger partial charge is 0.247 e. The molecule has 1 heterocycles. The molecule has 13 heavy (non-hydrogen) atoms. The van der Waals surface area contributed by atoms with Crippen molar-refractivity contribution in [2.45, 2.75) is 19.4 Å². The Balaban J connectivity index is 2.70. The maximum Gasteiger partial charge on any atom is 0.247 e. The maximum atomic E-state index is 11.4. The highest BCUT2D eigenvalue weighted by atomic mass is 16.2. The SMILES string of the molecule is CNC1CC(=O)N(CC(C)=O)C1=O. The molecule has 0 aliphatic carbocycles. The number of nitrogens with one attached hydrogen (secondary N) is 1. The number of Topliss-reactive ketones (excluding diaryl/α,β-unsaturated/α-hetero) is 1. The summed E-state index contributed by atoms with van der Waals surface area (Å²) in [7, 11) is 1.62. The largest absolute Gasteiger partial charge is 0.308 e. The van der Waals surface area contributed by atoms with Gasteiger partial charge < -0.3 is 5.32 Å². The quantitative estimate of drug-likeness (QED) is 0.567. The number of nitrogens with zero attached hydrogens (tertiary/aromatic N) is 1. The van der Waals surface area contributed by atoms with Gasteiger partial charge in [0, 0.05) is 0 Å². The van der Waals surface area contributed by atoms with Gasteiger partial charge in [-0.2, -0.15) is 0 Å². The number of carbonyl (C=O) groups excluding carboxylic acids is 3. The molecular weight excluding hydrogens is 172 g/mol.